The Morgan fingerprint density at radius 2 is 0.730 bits per heavy atom. The molecule has 0 aliphatic carbocycles. The topological polar surface area (TPSA) is 125 Å². The van der Waals surface area contributed by atoms with Crippen molar-refractivity contribution in [2.45, 2.75) is 245 Å². The summed E-state index contributed by atoms with van der Waals surface area (Å²) in [4.78, 5) is 10.9. The molecule has 0 unspecified atom stereocenters. The number of phosphoric acid groups is 1. The number of benzene rings is 3. The monoisotopic (exact) mass is 1050 g/mol. The molecule has 0 fully saturated rings. The molecule has 0 aliphatic heterocycles. The number of nitrogens with zero attached hydrogens (tertiary/aromatic N) is 1. The molecular weight excluding hydrogens is 950 g/mol. The van der Waals surface area contributed by atoms with Gasteiger partial charge in [0.15, 0.2) is 0 Å². The third kappa shape index (κ3) is 36.0. The summed E-state index contributed by atoms with van der Waals surface area (Å²) < 4.78 is 57.7. The number of phosphoric ester groups is 1. The van der Waals surface area contributed by atoms with Crippen LogP contribution in [0.25, 0.3) is 0 Å². The number of hydrogen-bond donors (Lipinski definition) is 0. The molecule has 12 heteroatoms. The maximum atomic E-state index is 14.6. The van der Waals surface area contributed by atoms with Crippen LogP contribution in [0.2, 0.25) is 0 Å². The Morgan fingerprint density at radius 1 is 0.419 bits per heavy atom. The molecule has 0 heterocycles. The largest absolute Gasteiger partial charge is 0.530 e. The molecular formula is C62H102NO10P. The first-order chi connectivity index (χ1) is 36.4. The average molecular weight is 1050 g/mol. The van der Waals surface area contributed by atoms with E-state index in [0.717, 1.165) is 36.8 Å². The van der Waals surface area contributed by atoms with Gasteiger partial charge in [-0.15, -0.1) is 0 Å². The summed E-state index contributed by atoms with van der Waals surface area (Å²) in [5.74, 6) is 0.0990. The van der Waals surface area contributed by atoms with Crippen LogP contribution in [0.5, 0.6) is 5.75 Å². The van der Waals surface area contributed by atoms with Crippen molar-refractivity contribution < 1.29 is 42.0 Å². The van der Waals surface area contributed by atoms with Crippen molar-refractivity contribution in [3.05, 3.63) is 106 Å². The second kappa shape index (κ2) is 46.0. The molecule has 3 rings (SSSR count). The van der Waals surface area contributed by atoms with E-state index in [4.69, 9.17) is 32.5 Å². The summed E-state index contributed by atoms with van der Waals surface area (Å²) in [6.07, 6.45) is 40.6. The van der Waals surface area contributed by atoms with E-state index in [9.17, 15) is 14.7 Å². The predicted octanol–water partition coefficient (Wildman–Crippen LogP) is 18.8. The lowest BCUT2D eigenvalue weighted by Crippen LogP contribution is -2.28. The molecule has 0 aromatic heterocycles. The normalized spacial score (nSPS) is 12.6. The van der Waals surface area contributed by atoms with Gasteiger partial charge in [0.05, 0.1) is 44.6 Å². The summed E-state index contributed by atoms with van der Waals surface area (Å²) in [6.45, 7) is 6.46. The first-order valence-corrected chi connectivity index (χ1v) is 31.2. The Balaban J connectivity index is 1.48. The minimum atomic E-state index is -4.38. The molecule has 0 N–H and O–H groups in total. The van der Waals surface area contributed by atoms with E-state index in [1.165, 1.54) is 204 Å². The van der Waals surface area contributed by atoms with Gasteiger partial charge in [0.1, 0.15) is 18.0 Å². The Hall–Kier alpha value is -3.15. The Morgan fingerprint density at radius 3 is 1.04 bits per heavy atom. The van der Waals surface area contributed by atoms with E-state index in [-0.39, 0.29) is 37.9 Å². The van der Waals surface area contributed by atoms with Crippen molar-refractivity contribution in [2.24, 2.45) is 0 Å². The summed E-state index contributed by atoms with van der Waals surface area (Å²) in [6, 6.07) is 25.0. The Kier molecular flexibility index (Phi) is 40.5. The van der Waals surface area contributed by atoms with Gasteiger partial charge in [-0.1, -0.05) is 267 Å². The lowest BCUT2D eigenvalue weighted by atomic mass is 10.0. The van der Waals surface area contributed by atoms with Crippen molar-refractivity contribution in [3.63, 3.8) is 0 Å². The first-order valence-electron chi connectivity index (χ1n) is 29.7. The second-order valence-electron chi connectivity index (χ2n) is 20.5. The maximum Gasteiger partial charge on any atom is 0.530 e. The summed E-state index contributed by atoms with van der Waals surface area (Å²) >= 11 is 0. The molecule has 420 valence electrons. The Bertz CT molecular complexity index is 1660. The van der Waals surface area contributed by atoms with Crippen LogP contribution in [0, 0.1) is 10.1 Å². The standard InChI is InChI=1S/C62H102NO10P/c1-3-5-7-9-11-13-15-17-19-21-23-25-27-29-31-39-49-67-53-61(69-51-57-41-35-33-36-42-57)55-71-74(66,73-60-47-45-59(46-48-60)63(64)65)72-56-62(70-52-58-43-37-34-38-44-58)54-68-50-40-32-30-28-26-24-22-20-18-16-14-12-10-8-6-4-2/h33-38,41-48,61-62H,3-32,39-40,49-56H2,1-2H3/t61-,62-/m0/s1. The smallest absolute Gasteiger partial charge is 0.404 e. The minimum absolute atomic E-state index is 0.0990. The average Bonchev–Trinajstić information content (AvgIpc) is 3.42. The minimum Gasteiger partial charge on any atom is -0.404 e. The fraction of sp³-hybridized carbons (Fsp3) is 0.710. The number of nitro groups is 1. The zero-order chi connectivity index (χ0) is 52.7. The van der Waals surface area contributed by atoms with Crippen LogP contribution in [-0.2, 0) is 45.8 Å². The van der Waals surface area contributed by atoms with Gasteiger partial charge >= 0.3 is 7.82 Å². The van der Waals surface area contributed by atoms with E-state index < -0.39 is 25.0 Å². The van der Waals surface area contributed by atoms with Gasteiger partial charge < -0.3 is 23.5 Å². The lowest BCUT2D eigenvalue weighted by Gasteiger charge is -2.25. The van der Waals surface area contributed by atoms with Gasteiger partial charge in [0.25, 0.3) is 5.69 Å². The molecule has 0 bridgehead atoms. The predicted molar refractivity (Wildman–Crippen MR) is 304 cm³/mol. The van der Waals surface area contributed by atoms with Crippen LogP contribution in [0.15, 0.2) is 84.9 Å². The van der Waals surface area contributed by atoms with E-state index in [1.54, 1.807) is 0 Å². The zero-order valence-corrected chi connectivity index (χ0v) is 47.4. The van der Waals surface area contributed by atoms with Gasteiger partial charge in [-0.25, -0.2) is 4.57 Å². The van der Waals surface area contributed by atoms with Crippen LogP contribution in [0.1, 0.15) is 230 Å². The summed E-state index contributed by atoms with van der Waals surface area (Å²) in [5, 5.41) is 11.4. The van der Waals surface area contributed by atoms with Crippen LogP contribution in [-0.4, -0.2) is 56.8 Å². The van der Waals surface area contributed by atoms with Crippen molar-refractivity contribution in [3.8, 4) is 5.75 Å². The van der Waals surface area contributed by atoms with Crippen molar-refractivity contribution in [2.75, 3.05) is 39.6 Å². The van der Waals surface area contributed by atoms with Crippen molar-refractivity contribution in [1.29, 1.82) is 0 Å². The number of unbranched alkanes of at least 4 members (excludes halogenated alkanes) is 30. The van der Waals surface area contributed by atoms with Crippen molar-refractivity contribution >= 4 is 13.5 Å². The van der Waals surface area contributed by atoms with E-state index in [2.05, 4.69) is 13.8 Å². The van der Waals surface area contributed by atoms with Gasteiger partial charge in [-0.2, -0.15) is 0 Å². The molecule has 3 aromatic carbocycles. The molecule has 11 nitrogen and oxygen atoms in total. The second-order valence-corrected chi connectivity index (χ2v) is 22.1. The van der Waals surface area contributed by atoms with Gasteiger partial charge in [-0.3, -0.25) is 19.2 Å². The zero-order valence-electron chi connectivity index (χ0n) is 46.5. The molecule has 0 radical (unpaired) electrons. The van der Waals surface area contributed by atoms with Crippen LogP contribution >= 0.6 is 7.82 Å². The van der Waals surface area contributed by atoms with Crippen LogP contribution in [0.4, 0.5) is 5.69 Å². The number of hydrogen-bond acceptors (Lipinski definition) is 10. The van der Waals surface area contributed by atoms with Gasteiger partial charge in [0, 0.05) is 25.3 Å². The molecule has 0 saturated carbocycles. The van der Waals surface area contributed by atoms with E-state index in [0.29, 0.717) is 26.4 Å². The summed E-state index contributed by atoms with van der Waals surface area (Å²) in [5.41, 5.74) is 1.84. The first kappa shape index (κ1) is 65.1. The SMILES string of the molecule is CCCCCCCCCCCCCCCCCCOC[C@@H](COP(=O)(OC[C@H](COCCCCCCCCCCCCCCCCCC)OCc1ccccc1)Oc1ccc([N+](=O)[O-])cc1)OCc1ccccc1. The molecule has 0 aliphatic rings. The highest BCUT2D eigenvalue weighted by atomic mass is 31.2. The summed E-state index contributed by atoms with van der Waals surface area (Å²) in [7, 11) is -4.38. The third-order valence-electron chi connectivity index (χ3n) is 13.7. The number of nitro benzene ring substituents is 1. The van der Waals surface area contributed by atoms with Crippen LogP contribution in [0.3, 0.4) is 0 Å². The highest BCUT2D eigenvalue weighted by Crippen LogP contribution is 2.50. The van der Waals surface area contributed by atoms with Gasteiger partial charge in [0.2, 0.25) is 0 Å². The Labute approximate surface area is 450 Å². The highest BCUT2D eigenvalue weighted by molar-refractivity contribution is 7.48. The quantitative estimate of drug-likeness (QED) is 0.0233. The number of non-ortho nitro benzene ring substituents is 1. The molecule has 0 spiro atoms. The lowest BCUT2D eigenvalue weighted by molar-refractivity contribution is -0.384. The molecule has 2 atom stereocenters. The molecule has 74 heavy (non-hydrogen) atoms. The van der Waals surface area contributed by atoms with E-state index >= 15 is 0 Å². The molecule has 3 aromatic rings. The van der Waals surface area contributed by atoms with Gasteiger partial charge in [-0.05, 0) is 36.1 Å². The number of ether oxygens (including phenoxy) is 4. The maximum absolute atomic E-state index is 14.6. The highest BCUT2D eigenvalue weighted by Gasteiger charge is 2.32. The molecule has 0 amide bonds. The fourth-order valence-corrected chi connectivity index (χ4v) is 10.3. The van der Waals surface area contributed by atoms with Crippen LogP contribution < -0.4 is 4.52 Å². The fourth-order valence-electron chi connectivity index (χ4n) is 9.00. The number of rotatable bonds is 53. The van der Waals surface area contributed by atoms with E-state index in [1.807, 2.05) is 60.7 Å². The van der Waals surface area contributed by atoms with Crippen molar-refractivity contribution in [1.82, 2.24) is 0 Å². The third-order valence-corrected chi connectivity index (χ3v) is 15.0. The molecule has 0 saturated heterocycles.